The second-order valence-corrected chi connectivity index (χ2v) is 6.21. The van der Waals surface area contributed by atoms with Gasteiger partial charge in [-0.05, 0) is 42.0 Å². The van der Waals surface area contributed by atoms with Gasteiger partial charge in [0.05, 0.1) is 0 Å². The molecule has 1 aliphatic rings. The number of hydrogen-bond acceptors (Lipinski definition) is 1. The van der Waals surface area contributed by atoms with Crippen LogP contribution in [0.4, 0.5) is 0 Å². The molecule has 0 heterocycles. The third-order valence-electron chi connectivity index (χ3n) is 4.85. The molecular formula is C19H25N. The molecule has 106 valence electrons. The zero-order valence-corrected chi connectivity index (χ0v) is 12.4. The van der Waals surface area contributed by atoms with Crippen LogP contribution in [0.5, 0.6) is 0 Å². The van der Waals surface area contributed by atoms with E-state index in [0.717, 1.165) is 12.5 Å². The molecule has 0 bridgehead atoms. The van der Waals surface area contributed by atoms with Crippen LogP contribution in [0.2, 0.25) is 0 Å². The summed E-state index contributed by atoms with van der Waals surface area (Å²) in [6.07, 6.45) is 7.09. The molecule has 0 aromatic heterocycles. The Balaban J connectivity index is 1.67. The molecule has 0 radical (unpaired) electrons. The largest absolute Gasteiger partial charge is 0.310 e. The Bertz CT molecular complexity index is 549. The lowest BCUT2D eigenvalue weighted by molar-refractivity contribution is 0.281. The standard InChI is InChI=1S/C19H25N/c1-15(16-8-3-2-4-9-16)20-14-18-12-7-11-17-10-5-6-13-19(17)18/h5-7,10-13,15-16,20H,2-4,8-9,14H2,1H3. The fraction of sp³-hybridized carbons (Fsp3) is 0.474. The zero-order valence-electron chi connectivity index (χ0n) is 12.4. The normalized spacial score (nSPS) is 18.2. The van der Waals surface area contributed by atoms with E-state index in [4.69, 9.17) is 0 Å². The van der Waals surface area contributed by atoms with E-state index >= 15 is 0 Å². The van der Waals surface area contributed by atoms with Crippen molar-refractivity contribution in [1.29, 1.82) is 0 Å². The minimum absolute atomic E-state index is 0.634. The average molecular weight is 267 g/mol. The van der Waals surface area contributed by atoms with Crippen molar-refractivity contribution in [3.05, 3.63) is 48.0 Å². The van der Waals surface area contributed by atoms with E-state index in [-0.39, 0.29) is 0 Å². The minimum Gasteiger partial charge on any atom is -0.310 e. The molecule has 0 spiro atoms. The van der Waals surface area contributed by atoms with Crippen LogP contribution in [0.1, 0.15) is 44.6 Å². The topological polar surface area (TPSA) is 12.0 Å². The zero-order chi connectivity index (χ0) is 13.8. The smallest absolute Gasteiger partial charge is 0.0214 e. The fourth-order valence-corrected chi connectivity index (χ4v) is 3.52. The molecule has 0 saturated heterocycles. The van der Waals surface area contributed by atoms with Gasteiger partial charge in [0.1, 0.15) is 0 Å². The Hall–Kier alpha value is -1.34. The molecule has 1 nitrogen and oxygen atoms in total. The summed E-state index contributed by atoms with van der Waals surface area (Å²) in [6.45, 7) is 3.35. The van der Waals surface area contributed by atoms with Gasteiger partial charge in [0.2, 0.25) is 0 Å². The maximum Gasteiger partial charge on any atom is 0.0214 e. The molecule has 1 atom stereocenters. The van der Waals surface area contributed by atoms with Gasteiger partial charge >= 0.3 is 0 Å². The van der Waals surface area contributed by atoms with Crippen LogP contribution in [-0.2, 0) is 6.54 Å². The SMILES string of the molecule is CC(NCc1cccc2ccccc12)C1CCCCC1. The maximum absolute atomic E-state index is 3.76. The van der Waals surface area contributed by atoms with E-state index in [2.05, 4.69) is 54.7 Å². The van der Waals surface area contributed by atoms with Crippen molar-refractivity contribution >= 4 is 10.8 Å². The lowest BCUT2D eigenvalue weighted by Gasteiger charge is -2.28. The van der Waals surface area contributed by atoms with Crippen molar-refractivity contribution in [2.75, 3.05) is 0 Å². The van der Waals surface area contributed by atoms with E-state index in [9.17, 15) is 0 Å². The van der Waals surface area contributed by atoms with Gasteiger partial charge in [0.25, 0.3) is 0 Å². The third-order valence-corrected chi connectivity index (χ3v) is 4.85. The predicted molar refractivity (Wildman–Crippen MR) is 86.8 cm³/mol. The van der Waals surface area contributed by atoms with Gasteiger partial charge in [-0.3, -0.25) is 0 Å². The number of nitrogens with one attached hydrogen (secondary N) is 1. The molecule has 1 saturated carbocycles. The molecular weight excluding hydrogens is 242 g/mol. The number of rotatable bonds is 4. The summed E-state index contributed by atoms with van der Waals surface area (Å²) in [4.78, 5) is 0. The molecule has 3 rings (SSSR count). The number of benzene rings is 2. The molecule has 20 heavy (non-hydrogen) atoms. The molecule has 1 aliphatic carbocycles. The van der Waals surface area contributed by atoms with E-state index in [1.165, 1.54) is 48.4 Å². The highest BCUT2D eigenvalue weighted by Gasteiger charge is 2.19. The Morgan fingerprint density at radius 1 is 1.00 bits per heavy atom. The highest BCUT2D eigenvalue weighted by Crippen LogP contribution is 2.26. The Morgan fingerprint density at radius 3 is 2.60 bits per heavy atom. The molecule has 1 N–H and O–H groups in total. The van der Waals surface area contributed by atoms with E-state index in [1.807, 2.05) is 0 Å². The summed E-state index contributed by atoms with van der Waals surface area (Å²) < 4.78 is 0. The second-order valence-electron chi connectivity index (χ2n) is 6.21. The first kappa shape index (κ1) is 13.6. The molecule has 1 unspecified atom stereocenters. The summed E-state index contributed by atoms with van der Waals surface area (Å²) in [5.41, 5.74) is 1.42. The van der Waals surface area contributed by atoms with Crippen molar-refractivity contribution in [2.24, 2.45) is 5.92 Å². The van der Waals surface area contributed by atoms with Gasteiger partial charge in [-0.25, -0.2) is 0 Å². The quantitative estimate of drug-likeness (QED) is 0.831. The minimum atomic E-state index is 0.634. The maximum atomic E-state index is 3.76. The molecule has 2 aromatic rings. The number of hydrogen-bond donors (Lipinski definition) is 1. The first-order chi connectivity index (χ1) is 9.84. The molecule has 1 heteroatoms. The van der Waals surface area contributed by atoms with Crippen molar-refractivity contribution in [2.45, 2.75) is 51.6 Å². The highest BCUT2D eigenvalue weighted by molar-refractivity contribution is 5.85. The summed E-state index contributed by atoms with van der Waals surface area (Å²) in [6, 6.07) is 15.9. The van der Waals surface area contributed by atoms with Gasteiger partial charge in [0, 0.05) is 12.6 Å². The van der Waals surface area contributed by atoms with Gasteiger partial charge < -0.3 is 5.32 Å². The lowest BCUT2D eigenvalue weighted by atomic mass is 9.84. The lowest BCUT2D eigenvalue weighted by Crippen LogP contribution is -2.34. The molecule has 2 aromatic carbocycles. The summed E-state index contributed by atoms with van der Waals surface area (Å²) in [5.74, 6) is 0.874. The average Bonchev–Trinajstić information content (AvgIpc) is 2.53. The van der Waals surface area contributed by atoms with Crippen molar-refractivity contribution in [3.63, 3.8) is 0 Å². The summed E-state index contributed by atoms with van der Waals surface area (Å²) in [7, 11) is 0. The highest BCUT2D eigenvalue weighted by atomic mass is 14.9. The van der Waals surface area contributed by atoms with Crippen LogP contribution in [0.3, 0.4) is 0 Å². The van der Waals surface area contributed by atoms with Gasteiger partial charge in [0.15, 0.2) is 0 Å². The van der Waals surface area contributed by atoms with Gasteiger partial charge in [-0.2, -0.15) is 0 Å². The first-order valence-electron chi connectivity index (χ1n) is 8.04. The van der Waals surface area contributed by atoms with Gasteiger partial charge in [-0.1, -0.05) is 61.7 Å². The van der Waals surface area contributed by atoms with Crippen LogP contribution in [0.25, 0.3) is 10.8 Å². The Labute approximate surface area is 122 Å². The summed E-state index contributed by atoms with van der Waals surface area (Å²) >= 11 is 0. The van der Waals surface area contributed by atoms with E-state index < -0.39 is 0 Å². The van der Waals surface area contributed by atoms with Crippen LogP contribution >= 0.6 is 0 Å². The third kappa shape index (κ3) is 3.04. The van der Waals surface area contributed by atoms with Crippen molar-refractivity contribution in [1.82, 2.24) is 5.32 Å². The van der Waals surface area contributed by atoms with Crippen molar-refractivity contribution in [3.8, 4) is 0 Å². The fourth-order valence-electron chi connectivity index (χ4n) is 3.52. The summed E-state index contributed by atoms with van der Waals surface area (Å²) in [5, 5.41) is 6.49. The van der Waals surface area contributed by atoms with E-state index in [1.54, 1.807) is 0 Å². The Morgan fingerprint density at radius 2 is 1.75 bits per heavy atom. The van der Waals surface area contributed by atoms with Crippen molar-refractivity contribution < 1.29 is 0 Å². The molecule has 1 fully saturated rings. The second kappa shape index (κ2) is 6.41. The number of fused-ring (bicyclic) bond motifs is 1. The van der Waals surface area contributed by atoms with Gasteiger partial charge in [-0.15, -0.1) is 0 Å². The van der Waals surface area contributed by atoms with Crippen LogP contribution in [0, 0.1) is 5.92 Å². The molecule has 0 aliphatic heterocycles. The van der Waals surface area contributed by atoms with Crippen LogP contribution < -0.4 is 5.32 Å². The Kier molecular flexibility index (Phi) is 4.37. The molecule has 0 amide bonds. The predicted octanol–water partition coefficient (Wildman–Crippen LogP) is 4.90. The monoisotopic (exact) mass is 267 g/mol. The van der Waals surface area contributed by atoms with Crippen LogP contribution in [0.15, 0.2) is 42.5 Å². The van der Waals surface area contributed by atoms with Crippen LogP contribution in [-0.4, -0.2) is 6.04 Å². The van der Waals surface area contributed by atoms with E-state index in [0.29, 0.717) is 6.04 Å². The first-order valence-corrected chi connectivity index (χ1v) is 8.04.